The van der Waals surface area contributed by atoms with E-state index in [2.05, 4.69) is 10.6 Å². The molecule has 6 heteroatoms. The number of ether oxygens (including phenoxy) is 2. The minimum absolute atomic E-state index is 0. The molecule has 1 saturated heterocycles. The number of anilines is 1. The number of methoxy groups -OCH3 is 1. The Morgan fingerprint density at radius 1 is 1.26 bits per heavy atom. The van der Waals surface area contributed by atoms with Crippen LogP contribution in [0.15, 0.2) is 24.3 Å². The lowest BCUT2D eigenvalue weighted by molar-refractivity contribution is -0.140. The van der Waals surface area contributed by atoms with E-state index in [4.69, 9.17) is 9.47 Å². The molecule has 5 nitrogen and oxygen atoms in total. The minimum Gasteiger partial charge on any atom is -0.493 e. The molecule has 0 unspecified atom stereocenters. The first-order valence-electron chi connectivity index (χ1n) is 8.02. The van der Waals surface area contributed by atoms with Crippen molar-refractivity contribution in [3.05, 3.63) is 24.3 Å². The van der Waals surface area contributed by atoms with Crippen LogP contribution in [0.1, 0.15) is 25.7 Å². The summed E-state index contributed by atoms with van der Waals surface area (Å²) in [6, 6.07) is 7.56. The highest BCUT2D eigenvalue weighted by Crippen LogP contribution is 2.30. The molecule has 23 heavy (non-hydrogen) atoms. The van der Waals surface area contributed by atoms with Crippen molar-refractivity contribution in [3.8, 4) is 5.75 Å². The van der Waals surface area contributed by atoms with E-state index in [9.17, 15) is 4.79 Å². The van der Waals surface area contributed by atoms with Gasteiger partial charge in [-0.05, 0) is 69.0 Å². The number of amides is 1. The number of piperidine rings is 1. The van der Waals surface area contributed by atoms with Crippen LogP contribution in [-0.2, 0) is 9.53 Å². The maximum atomic E-state index is 12.5. The van der Waals surface area contributed by atoms with E-state index >= 15 is 0 Å². The SMILES string of the molecule is COC1(C(=O)Nc2ccc(OCC3CC3)cc2)CCNCC1.Cl. The molecule has 1 saturated carbocycles. The van der Waals surface area contributed by atoms with Crippen molar-refractivity contribution in [2.75, 3.05) is 32.1 Å². The Morgan fingerprint density at radius 3 is 2.48 bits per heavy atom. The highest BCUT2D eigenvalue weighted by atomic mass is 35.5. The van der Waals surface area contributed by atoms with E-state index in [1.54, 1.807) is 7.11 Å². The van der Waals surface area contributed by atoms with Crippen molar-refractivity contribution in [2.24, 2.45) is 5.92 Å². The van der Waals surface area contributed by atoms with Crippen LogP contribution < -0.4 is 15.4 Å². The van der Waals surface area contributed by atoms with Gasteiger partial charge in [-0.25, -0.2) is 0 Å². The van der Waals surface area contributed by atoms with Gasteiger partial charge in [-0.1, -0.05) is 0 Å². The van der Waals surface area contributed by atoms with Gasteiger partial charge in [0.1, 0.15) is 11.4 Å². The molecular formula is C17H25ClN2O3. The molecular weight excluding hydrogens is 316 g/mol. The largest absolute Gasteiger partial charge is 0.493 e. The Balaban J connectivity index is 0.00000192. The van der Waals surface area contributed by atoms with Gasteiger partial charge in [0.2, 0.25) is 0 Å². The number of hydrogen-bond donors (Lipinski definition) is 2. The fraction of sp³-hybridized carbons (Fsp3) is 0.588. The Hall–Kier alpha value is -1.30. The van der Waals surface area contributed by atoms with Gasteiger partial charge in [-0.15, -0.1) is 12.4 Å². The second-order valence-electron chi connectivity index (χ2n) is 6.18. The van der Waals surface area contributed by atoms with Crippen LogP contribution in [0.4, 0.5) is 5.69 Å². The van der Waals surface area contributed by atoms with E-state index in [1.165, 1.54) is 12.8 Å². The molecule has 2 aliphatic rings. The first-order valence-corrected chi connectivity index (χ1v) is 8.02. The van der Waals surface area contributed by atoms with E-state index in [0.717, 1.165) is 37.1 Å². The molecule has 2 N–H and O–H groups in total. The molecule has 1 aromatic rings. The third-order valence-corrected chi connectivity index (χ3v) is 4.51. The third-order valence-electron chi connectivity index (χ3n) is 4.51. The van der Waals surface area contributed by atoms with Gasteiger partial charge in [0, 0.05) is 12.8 Å². The van der Waals surface area contributed by atoms with Crippen molar-refractivity contribution >= 4 is 24.0 Å². The van der Waals surface area contributed by atoms with Crippen LogP contribution in [0.25, 0.3) is 0 Å². The van der Waals surface area contributed by atoms with Crippen molar-refractivity contribution in [2.45, 2.75) is 31.3 Å². The minimum atomic E-state index is -0.716. The van der Waals surface area contributed by atoms with E-state index < -0.39 is 5.60 Å². The van der Waals surface area contributed by atoms with Gasteiger partial charge in [-0.3, -0.25) is 4.79 Å². The molecule has 1 aliphatic carbocycles. The smallest absolute Gasteiger partial charge is 0.256 e. The monoisotopic (exact) mass is 340 g/mol. The quantitative estimate of drug-likeness (QED) is 0.835. The van der Waals surface area contributed by atoms with Crippen LogP contribution in [-0.4, -0.2) is 38.3 Å². The second-order valence-corrected chi connectivity index (χ2v) is 6.18. The van der Waals surface area contributed by atoms with Crippen molar-refractivity contribution in [1.82, 2.24) is 5.32 Å². The summed E-state index contributed by atoms with van der Waals surface area (Å²) in [7, 11) is 1.61. The molecule has 0 radical (unpaired) electrons. The highest BCUT2D eigenvalue weighted by molar-refractivity contribution is 5.97. The van der Waals surface area contributed by atoms with Crippen molar-refractivity contribution in [3.63, 3.8) is 0 Å². The van der Waals surface area contributed by atoms with Crippen LogP contribution in [0.5, 0.6) is 5.75 Å². The van der Waals surface area contributed by atoms with Crippen LogP contribution in [0.3, 0.4) is 0 Å². The normalized spacial score (nSPS) is 19.5. The number of rotatable bonds is 6. The topological polar surface area (TPSA) is 59.6 Å². The number of benzene rings is 1. The number of nitrogens with one attached hydrogen (secondary N) is 2. The second kappa shape index (κ2) is 7.99. The van der Waals surface area contributed by atoms with Gasteiger partial charge in [-0.2, -0.15) is 0 Å². The zero-order chi connectivity index (χ0) is 15.4. The molecule has 0 spiro atoms. The molecule has 1 aromatic carbocycles. The number of carbonyl (C=O) groups excluding carboxylic acids is 1. The summed E-state index contributed by atoms with van der Waals surface area (Å²) in [6.07, 6.45) is 3.94. The zero-order valence-electron chi connectivity index (χ0n) is 13.5. The Labute approximate surface area is 143 Å². The molecule has 2 fully saturated rings. The Kier molecular flexibility index (Phi) is 6.27. The lowest BCUT2D eigenvalue weighted by Gasteiger charge is -2.34. The molecule has 1 heterocycles. The van der Waals surface area contributed by atoms with E-state index in [0.29, 0.717) is 12.8 Å². The van der Waals surface area contributed by atoms with Gasteiger partial charge in [0.05, 0.1) is 6.61 Å². The summed E-state index contributed by atoms with van der Waals surface area (Å²) >= 11 is 0. The first-order chi connectivity index (χ1) is 10.7. The average molecular weight is 341 g/mol. The molecule has 0 atom stereocenters. The summed E-state index contributed by atoms with van der Waals surface area (Å²) in [4.78, 5) is 12.5. The maximum absolute atomic E-state index is 12.5. The van der Waals surface area contributed by atoms with Gasteiger partial charge in [0.25, 0.3) is 5.91 Å². The maximum Gasteiger partial charge on any atom is 0.256 e. The molecule has 1 aliphatic heterocycles. The average Bonchev–Trinajstić information content (AvgIpc) is 3.39. The molecule has 3 rings (SSSR count). The molecule has 1 amide bonds. The summed E-state index contributed by atoms with van der Waals surface area (Å²) in [5.74, 6) is 1.53. The molecule has 128 valence electrons. The number of halogens is 1. The van der Waals surface area contributed by atoms with E-state index in [1.807, 2.05) is 24.3 Å². The van der Waals surface area contributed by atoms with Crippen molar-refractivity contribution in [1.29, 1.82) is 0 Å². The van der Waals surface area contributed by atoms with Crippen molar-refractivity contribution < 1.29 is 14.3 Å². The zero-order valence-corrected chi connectivity index (χ0v) is 14.3. The molecule has 0 bridgehead atoms. The van der Waals surface area contributed by atoms with Gasteiger partial charge >= 0.3 is 0 Å². The Bertz CT molecular complexity index is 511. The predicted octanol–water partition coefficient (Wildman–Crippen LogP) is 2.60. The van der Waals surface area contributed by atoms with Crippen LogP contribution in [0.2, 0.25) is 0 Å². The first kappa shape index (κ1) is 18.0. The fourth-order valence-corrected chi connectivity index (χ4v) is 2.73. The lowest BCUT2D eigenvalue weighted by Crippen LogP contribution is -2.51. The van der Waals surface area contributed by atoms with Gasteiger partial charge < -0.3 is 20.1 Å². The summed E-state index contributed by atoms with van der Waals surface area (Å²) in [6.45, 7) is 2.40. The Morgan fingerprint density at radius 2 is 1.91 bits per heavy atom. The standard InChI is InChI=1S/C17H24N2O3.ClH/c1-21-17(8-10-18-11-9-17)16(20)19-14-4-6-15(7-5-14)22-12-13-2-3-13;/h4-7,13,18H,2-3,8-12H2,1H3,(H,19,20);1H. The van der Waals surface area contributed by atoms with Gasteiger partial charge in [0.15, 0.2) is 0 Å². The summed E-state index contributed by atoms with van der Waals surface area (Å²) in [5.41, 5.74) is 0.0607. The van der Waals surface area contributed by atoms with Crippen LogP contribution >= 0.6 is 12.4 Å². The molecule has 0 aromatic heterocycles. The summed E-state index contributed by atoms with van der Waals surface area (Å²) < 4.78 is 11.2. The fourth-order valence-electron chi connectivity index (χ4n) is 2.73. The third kappa shape index (κ3) is 4.59. The van der Waals surface area contributed by atoms with Crippen LogP contribution in [0, 0.1) is 5.92 Å². The lowest BCUT2D eigenvalue weighted by atomic mass is 9.91. The highest BCUT2D eigenvalue weighted by Gasteiger charge is 2.39. The summed E-state index contributed by atoms with van der Waals surface area (Å²) in [5, 5.41) is 6.21. The number of carbonyl (C=O) groups is 1. The number of hydrogen-bond acceptors (Lipinski definition) is 4. The van der Waals surface area contributed by atoms with E-state index in [-0.39, 0.29) is 18.3 Å². The predicted molar refractivity (Wildman–Crippen MR) is 92.4 cm³/mol.